The van der Waals surface area contributed by atoms with Gasteiger partial charge in [0.15, 0.2) is 5.75 Å². The van der Waals surface area contributed by atoms with Gasteiger partial charge in [-0.2, -0.15) is 0 Å². The molecular weight excluding hydrogens is 422 g/mol. The number of rotatable bonds is 6. The van der Waals surface area contributed by atoms with Gasteiger partial charge in [-0.15, -0.1) is 0 Å². The van der Waals surface area contributed by atoms with Gasteiger partial charge in [0, 0.05) is 24.7 Å². The quantitative estimate of drug-likeness (QED) is 0.487. The van der Waals surface area contributed by atoms with E-state index in [9.17, 15) is 14.9 Å². The Balaban J connectivity index is 1.56. The highest BCUT2D eigenvalue weighted by Gasteiger charge is 2.56. The first-order chi connectivity index (χ1) is 15.9. The van der Waals surface area contributed by atoms with E-state index in [1.54, 1.807) is 18.1 Å². The predicted molar refractivity (Wildman–Crippen MR) is 124 cm³/mol. The normalized spacial score (nSPS) is 19.9. The number of nitrogens with zero attached hydrogens (tertiary/aromatic N) is 3. The molecule has 0 atom stereocenters. The number of benzene rings is 2. The van der Waals surface area contributed by atoms with Gasteiger partial charge in [0.1, 0.15) is 11.9 Å². The van der Waals surface area contributed by atoms with E-state index >= 15 is 0 Å². The SMILES string of the molecule is COc1ccc(CN2C(=O)C3(CCC3)c3cc([N+](=O)[O-])cc(OC4CCN(C)CC4)c32)cc1. The summed E-state index contributed by atoms with van der Waals surface area (Å²) in [7, 11) is 3.70. The van der Waals surface area contributed by atoms with Crippen molar-refractivity contribution in [2.24, 2.45) is 0 Å². The number of carbonyl (C=O) groups excluding carboxylic acids is 1. The van der Waals surface area contributed by atoms with Gasteiger partial charge >= 0.3 is 0 Å². The Morgan fingerprint density at radius 3 is 2.42 bits per heavy atom. The molecule has 1 amide bonds. The molecule has 2 aromatic carbocycles. The Morgan fingerprint density at radius 1 is 1.15 bits per heavy atom. The molecule has 0 N–H and O–H groups in total. The van der Waals surface area contributed by atoms with Crippen LogP contribution in [-0.2, 0) is 16.8 Å². The van der Waals surface area contributed by atoms with Crippen molar-refractivity contribution in [2.45, 2.75) is 50.2 Å². The first-order valence-corrected chi connectivity index (χ1v) is 11.5. The number of anilines is 1. The minimum absolute atomic E-state index is 0.0120. The largest absolute Gasteiger partial charge is 0.497 e. The molecule has 33 heavy (non-hydrogen) atoms. The lowest BCUT2D eigenvalue weighted by atomic mass is 9.65. The summed E-state index contributed by atoms with van der Waals surface area (Å²) in [5, 5.41) is 11.8. The highest BCUT2D eigenvalue weighted by molar-refractivity contribution is 6.10. The van der Waals surface area contributed by atoms with Gasteiger partial charge in [-0.05, 0) is 50.4 Å². The lowest BCUT2D eigenvalue weighted by Crippen LogP contribution is -2.44. The van der Waals surface area contributed by atoms with Crippen molar-refractivity contribution in [1.29, 1.82) is 0 Å². The van der Waals surface area contributed by atoms with Gasteiger partial charge in [-0.1, -0.05) is 18.6 Å². The number of likely N-dealkylation sites (tertiary alicyclic amines) is 1. The fraction of sp³-hybridized carbons (Fsp3) is 0.480. The molecule has 2 aromatic rings. The minimum Gasteiger partial charge on any atom is -0.497 e. The standard InChI is InChI=1S/C25H29N3O5/c1-26-12-8-20(9-13-26)33-22-15-18(28(30)31)14-21-23(22)27(24(29)25(21)10-3-11-25)16-17-4-6-19(32-2)7-5-17/h4-7,14-15,20H,3,8-13,16H2,1-2H3. The van der Waals surface area contributed by atoms with E-state index in [1.165, 1.54) is 6.07 Å². The molecule has 2 fully saturated rings. The summed E-state index contributed by atoms with van der Waals surface area (Å²) in [5.74, 6) is 1.23. The number of ether oxygens (including phenoxy) is 2. The van der Waals surface area contributed by atoms with E-state index in [4.69, 9.17) is 9.47 Å². The van der Waals surface area contributed by atoms with Crippen LogP contribution < -0.4 is 14.4 Å². The molecule has 5 rings (SSSR count). The zero-order valence-corrected chi connectivity index (χ0v) is 19.1. The number of non-ortho nitro benzene ring substituents is 1. The number of piperidine rings is 1. The maximum atomic E-state index is 13.7. The fourth-order valence-corrected chi connectivity index (χ4v) is 5.27. The monoisotopic (exact) mass is 451 g/mol. The van der Waals surface area contributed by atoms with E-state index < -0.39 is 5.41 Å². The van der Waals surface area contributed by atoms with Crippen LogP contribution in [0.4, 0.5) is 11.4 Å². The second kappa shape index (κ2) is 8.33. The molecule has 8 nitrogen and oxygen atoms in total. The summed E-state index contributed by atoms with van der Waals surface area (Å²) in [4.78, 5) is 29.1. The molecule has 0 bridgehead atoms. The summed E-state index contributed by atoms with van der Waals surface area (Å²) in [6.07, 6.45) is 4.05. The van der Waals surface area contributed by atoms with Crippen molar-refractivity contribution in [3.05, 3.63) is 57.6 Å². The summed E-state index contributed by atoms with van der Waals surface area (Å²) in [6.45, 7) is 2.22. The number of nitro groups is 1. The number of fused-ring (bicyclic) bond motifs is 2. The van der Waals surface area contributed by atoms with Crippen LogP contribution in [0.15, 0.2) is 36.4 Å². The first-order valence-electron chi connectivity index (χ1n) is 11.5. The Hall–Kier alpha value is -3.13. The van der Waals surface area contributed by atoms with Gasteiger partial charge in [0.2, 0.25) is 5.91 Å². The molecule has 2 aliphatic heterocycles. The topological polar surface area (TPSA) is 85.1 Å². The van der Waals surface area contributed by atoms with Crippen LogP contribution in [0, 0.1) is 10.1 Å². The van der Waals surface area contributed by atoms with Gasteiger partial charge < -0.3 is 19.3 Å². The average molecular weight is 452 g/mol. The smallest absolute Gasteiger partial charge is 0.273 e. The molecular formula is C25H29N3O5. The maximum Gasteiger partial charge on any atom is 0.273 e. The Morgan fingerprint density at radius 2 is 1.85 bits per heavy atom. The van der Waals surface area contributed by atoms with E-state index in [0.29, 0.717) is 30.8 Å². The van der Waals surface area contributed by atoms with Crippen LogP contribution in [0.2, 0.25) is 0 Å². The molecule has 174 valence electrons. The van der Waals surface area contributed by atoms with E-state index in [-0.39, 0.29) is 22.6 Å². The van der Waals surface area contributed by atoms with Crippen molar-refractivity contribution >= 4 is 17.3 Å². The van der Waals surface area contributed by atoms with Crippen molar-refractivity contribution in [2.75, 3.05) is 32.1 Å². The number of methoxy groups -OCH3 is 1. The van der Waals surface area contributed by atoms with Crippen molar-refractivity contribution < 1.29 is 19.2 Å². The second-order valence-corrected chi connectivity index (χ2v) is 9.39. The summed E-state index contributed by atoms with van der Waals surface area (Å²) >= 11 is 0. The zero-order valence-electron chi connectivity index (χ0n) is 19.1. The van der Waals surface area contributed by atoms with E-state index in [1.807, 2.05) is 24.3 Å². The summed E-state index contributed by atoms with van der Waals surface area (Å²) in [5.41, 5.74) is 1.75. The molecule has 0 unspecified atom stereocenters. The number of hydrogen-bond acceptors (Lipinski definition) is 6. The second-order valence-electron chi connectivity index (χ2n) is 9.39. The van der Waals surface area contributed by atoms with E-state index in [2.05, 4.69) is 11.9 Å². The number of hydrogen-bond donors (Lipinski definition) is 0. The van der Waals surface area contributed by atoms with Gasteiger partial charge in [-0.3, -0.25) is 14.9 Å². The predicted octanol–water partition coefficient (Wildman–Crippen LogP) is 4.04. The van der Waals surface area contributed by atoms with Crippen LogP contribution in [-0.4, -0.2) is 49.1 Å². The minimum atomic E-state index is -0.668. The number of nitro benzene ring substituents is 1. The average Bonchev–Trinajstić information content (AvgIpc) is 3.04. The van der Waals surface area contributed by atoms with Crippen LogP contribution in [0.3, 0.4) is 0 Å². The lowest BCUT2D eigenvalue weighted by Gasteiger charge is -2.36. The van der Waals surface area contributed by atoms with Gasteiger partial charge in [0.25, 0.3) is 5.69 Å². The Kier molecular flexibility index (Phi) is 5.48. The Labute approximate surface area is 193 Å². The van der Waals surface area contributed by atoms with Crippen LogP contribution in [0.5, 0.6) is 11.5 Å². The molecule has 1 aliphatic carbocycles. The third-order valence-electron chi connectivity index (χ3n) is 7.38. The molecule has 0 radical (unpaired) electrons. The summed E-state index contributed by atoms with van der Waals surface area (Å²) in [6, 6.07) is 10.7. The molecule has 2 heterocycles. The first kappa shape index (κ1) is 21.7. The highest BCUT2D eigenvalue weighted by atomic mass is 16.6. The number of amides is 1. The molecule has 3 aliphatic rings. The zero-order chi connectivity index (χ0) is 23.2. The van der Waals surface area contributed by atoms with Crippen molar-refractivity contribution in [3.63, 3.8) is 0 Å². The van der Waals surface area contributed by atoms with E-state index in [0.717, 1.165) is 49.2 Å². The summed E-state index contributed by atoms with van der Waals surface area (Å²) < 4.78 is 11.7. The highest BCUT2D eigenvalue weighted by Crippen LogP contribution is 2.57. The van der Waals surface area contributed by atoms with Crippen molar-refractivity contribution in [1.82, 2.24) is 4.90 Å². The molecule has 1 spiro atoms. The lowest BCUT2D eigenvalue weighted by molar-refractivity contribution is -0.385. The molecule has 0 aromatic heterocycles. The molecule has 1 saturated carbocycles. The third kappa shape index (κ3) is 3.72. The molecule has 8 heteroatoms. The number of carbonyl (C=O) groups is 1. The van der Waals surface area contributed by atoms with Crippen molar-refractivity contribution in [3.8, 4) is 11.5 Å². The van der Waals surface area contributed by atoms with Crippen LogP contribution >= 0.6 is 0 Å². The van der Waals surface area contributed by atoms with Gasteiger partial charge in [0.05, 0.1) is 35.7 Å². The van der Waals surface area contributed by atoms with Gasteiger partial charge in [-0.25, -0.2) is 0 Å². The molecule has 1 saturated heterocycles. The van der Waals surface area contributed by atoms with Crippen LogP contribution in [0.1, 0.15) is 43.2 Å². The third-order valence-corrected chi connectivity index (χ3v) is 7.38. The Bertz CT molecular complexity index is 1070. The van der Waals surface area contributed by atoms with Crippen LogP contribution in [0.25, 0.3) is 0 Å². The fourth-order valence-electron chi connectivity index (χ4n) is 5.27. The maximum absolute atomic E-state index is 13.7.